The highest BCUT2D eigenvalue weighted by Gasteiger charge is 2.21. The molecule has 0 aliphatic rings. The summed E-state index contributed by atoms with van der Waals surface area (Å²) < 4.78 is 0.740. The van der Waals surface area contributed by atoms with Crippen LogP contribution < -0.4 is 5.73 Å². The third-order valence-corrected chi connectivity index (χ3v) is 3.62. The maximum atomic E-state index is 11.9. The van der Waals surface area contributed by atoms with E-state index in [1.165, 1.54) is 11.3 Å². The van der Waals surface area contributed by atoms with Gasteiger partial charge in [-0.3, -0.25) is 4.79 Å². The predicted octanol–water partition coefficient (Wildman–Crippen LogP) is 2.77. The Morgan fingerprint density at radius 1 is 1.53 bits per heavy atom. The maximum Gasteiger partial charge on any atom is 0.239 e. The molecule has 0 radical (unpaired) electrons. The molecule has 6 heteroatoms. The van der Waals surface area contributed by atoms with E-state index >= 15 is 0 Å². The fraction of sp³-hybridized carbons (Fsp3) is 0.545. The van der Waals surface area contributed by atoms with Gasteiger partial charge in [0, 0.05) is 11.9 Å². The number of rotatable bonds is 4. The molecule has 3 nitrogen and oxygen atoms in total. The van der Waals surface area contributed by atoms with Crippen molar-refractivity contribution in [3.8, 4) is 0 Å². The summed E-state index contributed by atoms with van der Waals surface area (Å²) in [6.45, 7) is 4.45. The molecule has 0 fully saturated rings. The topological polar surface area (TPSA) is 46.3 Å². The van der Waals surface area contributed by atoms with Crippen LogP contribution in [-0.4, -0.2) is 23.9 Å². The van der Waals surface area contributed by atoms with E-state index in [0.717, 1.165) is 9.21 Å². The first-order valence-electron chi connectivity index (χ1n) is 5.16. The molecule has 0 saturated heterocycles. The van der Waals surface area contributed by atoms with Crippen LogP contribution in [0.1, 0.15) is 18.7 Å². The van der Waals surface area contributed by atoms with E-state index in [-0.39, 0.29) is 24.2 Å². The van der Waals surface area contributed by atoms with Crippen molar-refractivity contribution >= 4 is 41.3 Å². The summed E-state index contributed by atoms with van der Waals surface area (Å²) in [6.07, 6.45) is 0. The van der Waals surface area contributed by atoms with Crippen molar-refractivity contribution in [1.82, 2.24) is 4.90 Å². The van der Waals surface area contributed by atoms with Gasteiger partial charge in [0.2, 0.25) is 5.91 Å². The molecule has 0 aliphatic carbocycles. The van der Waals surface area contributed by atoms with Gasteiger partial charge in [-0.2, -0.15) is 0 Å². The number of nitrogens with zero attached hydrogens (tertiary/aromatic N) is 1. The van der Waals surface area contributed by atoms with Crippen LogP contribution >= 0.6 is 35.3 Å². The van der Waals surface area contributed by atoms with Crippen LogP contribution in [0.5, 0.6) is 0 Å². The zero-order valence-electron chi connectivity index (χ0n) is 10.1. The number of amides is 1. The van der Waals surface area contributed by atoms with Gasteiger partial charge in [-0.25, -0.2) is 0 Å². The number of likely N-dealkylation sites (N-methyl/N-ethyl adjacent to an activating group) is 1. The molecule has 1 amide bonds. The van der Waals surface area contributed by atoms with Gasteiger partial charge in [0.25, 0.3) is 0 Å². The Kier molecular flexibility index (Phi) is 7.09. The highest BCUT2D eigenvalue weighted by Crippen LogP contribution is 2.22. The van der Waals surface area contributed by atoms with E-state index in [4.69, 9.17) is 17.3 Å². The molecule has 0 bridgehead atoms. The summed E-state index contributed by atoms with van der Waals surface area (Å²) in [5.41, 5.74) is 5.81. The summed E-state index contributed by atoms with van der Waals surface area (Å²) >= 11 is 7.31. The minimum atomic E-state index is -0.430. The van der Waals surface area contributed by atoms with E-state index in [9.17, 15) is 4.79 Å². The smallest absolute Gasteiger partial charge is 0.239 e. The van der Waals surface area contributed by atoms with Crippen LogP contribution in [0.2, 0.25) is 4.34 Å². The number of carbonyl (C=O) groups excluding carboxylic acids is 1. The van der Waals surface area contributed by atoms with Crippen LogP contribution in [0.25, 0.3) is 0 Å². The minimum absolute atomic E-state index is 0. The number of thiophene rings is 1. The standard InChI is InChI=1S/C11H17ClN2OS.ClH/c1-7(2)10(13)11(15)14(3)6-8-4-5-9(12)16-8;/h4-5,7,10H,6,13H2,1-3H3;1H/t10-;/m0./s1. The third-order valence-electron chi connectivity index (χ3n) is 2.40. The SMILES string of the molecule is CC(C)[C@H](N)C(=O)N(C)Cc1ccc(Cl)s1.Cl. The van der Waals surface area contributed by atoms with E-state index in [1.807, 2.05) is 26.0 Å². The lowest BCUT2D eigenvalue weighted by Crippen LogP contribution is -2.44. The molecule has 1 heterocycles. The van der Waals surface area contributed by atoms with Crippen LogP contribution in [0.15, 0.2) is 12.1 Å². The number of nitrogens with two attached hydrogens (primary N) is 1. The largest absolute Gasteiger partial charge is 0.339 e. The molecule has 98 valence electrons. The zero-order chi connectivity index (χ0) is 12.3. The van der Waals surface area contributed by atoms with Crippen molar-refractivity contribution in [3.05, 3.63) is 21.3 Å². The van der Waals surface area contributed by atoms with E-state index in [2.05, 4.69) is 0 Å². The molecule has 1 aromatic heterocycles. The maximum absolute atomic E-state index is 11.9. The molecule has 1 aromatic rings. The molecular weight excluding hydrogens is 279 g/mol. The van der Waals surface area contributed by atoms with Crippen molar-refractivity contribution in [3.63, 3.8) is 0 Å². The monoisotopic (exact) mass is 296 g/mol. The first-order chi connectivity index (χ1) is 7.41. The number of halogens is 2. The summed E-state index contributed by atoms with van der Waals surface area (Å²) in [4.78, 5) is 14.6. The first kappa shape index (κ1) is 16.7. The highest BCUT2D eigenvalue weighted by atomic mass is 35.5. The molecule has 17 heavy (non-hydrogen) atoms. The van der Waals surface area contributed by atoms with Gasteiger partial charge in [-0.05, 0) is 18.1 Å². The lowest BCUT2D eigenvalue weighted by molar-refractivity contribution is -0.132. The van der Waals surface area contributed by atoms with Gasteiger partial charge in [0.15, 0.2) is 0 Å². The number of hydrogen-bond acceptors (Lipinski definition) is 3. The van der Waals surface area contributed by atoms with Crippen LogP contribution in [0.4, 0.5) is 0 Å². The molecule has 2 N–H and O–H groups in total. The number of carbonyl (C=O) groups is 1. The summed E-state index contributed by atoms with van der Waals surface area (Å²) in [5.74, 6) is 0.126. The lowest BCUT2D eigenvalue weighted by atomic mass is 10.0. The van der Waals surface area contributed by atoms with Crippen molar-refractivity contribution in [2.45, 2.75) is 26.4 Å². The van der Waals surface area contributed by atoms with Crippen molar-refractivity contribution in [2.24, 2.45) is 11.7 Å². The second-order valence-corrected chi connectivity index (χ2v) is 5.97. The molecule has 0 aromatic carbocycles. The van der Waals surface area contributed by atoms with Crippen LogP contribution in [-0.2, 0) is 11.3 Å². The molecule has 1 rings (SSSR count). The quantitative estimate of drug-likeness (QED) is 0.929. The molecule has 1 atom stereocenters. The molecule has 0 saturated carbocycles. The van der Waals surface area contributed by atoms with E-state index in [1.54, 1.807) is 11.9 Å². The van der Waals surface area contributed by atoms with Crippen molar-refractivity contribution in [1.29, 1.82) is 0 Å². The van der Waals surface area contributed by atoms with Gasteiger partial charge in [-0.1, -0.05) is 25.4 Å². The van der Waals surface area contributed by atoms with E-state index < -0.39 is 6.04 Å². The van der Waals surface area contributed by atoms with Gasteiger partial charge in [0.05, 0.1) is 16.9 Å². The number of hydrogen-bond donors (Lipinski definition) is 1. The Morgan fingerprint density at radius 2 is 2.12 bits per heavy atom. The van der Waals surface area contributed by atoms with Gasteiger partial charge < -0.3 is 10.6 Å². The molecule has 0 aliphatic heterocycles. The fourth-order valence-corrected chi connectivity index (χ4v) is 2.43. The Labute approximate surface area is 117 Å². The second kappa shape index (κ2) is 7.21. The van der Waals surface area contributed by atoms with Crippen LogP contribution in [0, 0.1) is 5.92 Å². The predicted molar refractivity (Wildman–Crippen MR) is 75.9 cm³/mol. The Bertz CT molecular complexity index is 368. The van der Waals surface area contributed by atoms with E-state index in [0.29, 0.717) is 6.54 Å². The normalized spacial score (nSPS) is 12.1. The van der Waals surface area contributed by atoms with Crippen LogP contribution in [0.3, 0.4) is 0 Å². The van der Waals surface area contributed by atoms with Gasteiger partial charge in [0.1, 0.15) is 0 Å². The zero-order valence-corrected chi connectivity index (χ0v) is 12.5. The highest BCUT2D eigenvalue weighted by molar-refractivity contribution is 7.16. The van der Waals surface area contributed by atoms with Gasteiger partial charge in [-0.15, -0.1) is 23.7 Å². The minimum Gasteiger partial charge on any atom is -0.339 e. The lowest BCUT2D eigenvalue weighted by Gasteiger charge is -2.22. The second-order valence-electron chi connectivity index (χ2n) is 4.17. The first-order valence-corrected chi connectivity index (χ1v) is 6.36. The molecule has 0 spiro atoms. The molecule has 0 unspecified atom stereocenters. The van der Waals surface area contributed by atoms with Gasteiger partial charge >= 0.3 is 0 Å². The Hall–Kier alpha value is -0.290. The summed E-state index contributed by atoms with van der Waals surface area (Å²) in [6, 6.07) is 3.33. The Balaban J connectivity index is 0.00000256. The average Bonchev–Trinajstić information content (AvgIpc) is 2.61. The molecular formula is C11H18Cl2N2OS. The van der Waals surface area contributed by atoms with Crippen molar-refractivity contribution in [2.75, 3.05) is 7.05 Å². The third kappa shape index (κ3) is 4.84. The fourth-order valence-electron chi connectivity index (χ4n) is 1.29. The average molecular weight is 297 g/mol. The Morgan fingerprint density at radius 3 is 2.53 bits per heavy atom. The van der Waals surface area contributed by atoms with Crippen molar-refractivity contribution < 1.29 is 4.79 Å². The summed E-state index contributed by atoms with van der Waals surface area (Å²) in [5, 5.41) is 0. The summed E-state index contributed by atoms with van der Waals surface area (Å²) in [7, 11) is 1.76.